The Morgan fingerprint density at radius 2 is 2.10 bits per heavy atom. The molecule has 1 rings (SSSR count). The van der Waals surface area contributed by atoms with E-state index in [2.05, 4.69) is 12.2 Å². The number of nitrogens with two attached hydrogens (primary N) is 1. The van der Waals surface area contributed by atoms with Crippen LogP contribution >= 0.6 is 0 Å². The maximum absolute atomic E-state index is 13.4. The molecule has 0 saturated heterocycles. The fourth-order valence-electron chi connectivity index (χ4n) is 1.75. The van der Waals surface area contributed by atoms with Gasteiger partial charge in [0.25, 0.3) is 0 Å². The fourth-order valence-corrected chi connectivity index (χ4v) is 1.75. The van der Waals surface area contributed by atoms with E-state index in [-0.39, 0.29) is 18.0 Å². The van der Waals surface area contributed by atoms with Gasteiger partial charge in [0, 0.05) is 12.3 Å². The standard InChI is InChI=1S/C15H23FN2O2/c1-2-3-4-5-9-20-10-8-15(19)18-14-11-12(17)6-7-13(14)16/h6-7,11H,2-5,8-10,17H2,1H3,(H,18,19). The molecule has 0 atom stereocenters. The Labute approximate surface area is 119 Å². The van der Waals surface area contributed by atoms with Crippen molar-refractivity contribution in [3.63, 3.8) is 0 Å². The number of unbranched alkanes of at least 4 members (excludes halogenated alkanes) is 3. The van der Waals surface area contributed by atoms with E-state index in [1.165, 1.54) is 31.0 Å². The van der Waals surface area contributed by atoms with Crippen LogP contribution in [0.5, 0.6) is 0 Å². The van der Waals surface area contributed by atoms with Gasteiger partial charge in [-0.2, -0.15) is 0 Å². The average Bonchev–Trinajstić information content (AvgIpc) is 2.42. The SMILES string of the molecule is CCCCCCOCCC(=O)Nc1cc(N)ccc1F. The first-order valence-corrected chi connectivity index (χ1v) is 7.06. The van der Waals surface area contributed by atoms with Crippen LogP contribution in [-0.2, 0) is 9.53 Å². The van der Waals surface area contributed by atoms with Crippen molar-refractivity contribution in [2.24, 2.45) is 0 Å². The number of amides is 1. The normalized spacial score (nSPS) is 10.5. The van der Waals surface area contributed by atoms with Gasteiger partial charge < -0.3 is 15.8 Å². The topological polar surface area (TPSA) is 64.3 Å². The van der Waals surface area contributed by atoms with Crippen molar-refractivity contribution >= 4 is 17.3 Å². The van der Waals surface area contributed by atoms with E-state index in [1.807, 2.05) is 0 Å². The number of rotatable bonds is 9. The summed E-state index contributed by atoms with van der Waals surface area (Å²) in [6.07, 6.45) is 4.77. The van der Waals surface area contributed by atoms with Crippen molar-refractivity contribution in [1.82, 2.24) is 0 Å². The minimum absolute atomic E-state index is 0.109. The number of nitrogen functional groups attached to an aromatic ring is 1. The summed E-state index contributed by atoms with van der Waals surface area (Å²) < 4.78 is 18.8. The van der Waals surface area contributed by atoms with Crippen LogP contribution < -0.4 is 11.1 Å². The largest absolute Gasteiger partial charge is 0.399 e. The number of hydrogen-bond donors (Lipinski definition) is 2. The molecule has 0 heterocycles. The maximum atomic E-state index is 13.4. The lowest BCUT2D eigenvalue weighted by Crippen LogP contribution is -2.15. The van der Waals surface area contributed by atoms with Crippen LogP contribution in [0.1, 0.15) is 39.0 Å². The lowest BCUT2D eigenvalue weighted by atomic mass is 10.2. The molecule has 112 valence electrons. The smallest absolute Gasteiger partial charge is 0.226 e. The second-order valence-corrected chi connectivity index (χ2v) is 4.71. The first-order valence-electron chi connectivity index (χ1n) is 7.06. The van der Waals surface area contributed by atoms with E-state index in [9.17, 15) is 9.18 Å². The molecule has 1 aromatic rings. The Morgan fingerprint density at radius 3 is 2.85 bits per heavy atom. The Balaban J connectivity index is 2.19. The van der Waals surface area contributed by atoms with Crippen LogP contribution in [0.15, 0.2) is 18.2 Å². The highest BCUT2D eigenvalue weighted by atomic mass is 19.1. The second-order valence-electron chi connectivity index (χ2n) is 4.71. The predicted molar refractivity (Wildman–Crippen MR) is 79.0 cm³/mol. The molecule has 3 N–H and O–H groups in total. The Morgan fingerprint density at radius 1 is 1.30 bits per heavy atom. The third kappa shape index (κ3) is 6.52. The number of anilines is 2. The molecular weight excluding hydrogens is 259 g/mol. The summed E-state index contributed by atoms with van der Waals surface area (Å²) in [6.45, 7) is 3.17. The van der Waals surface area contributed by atoms with Crippen LogP contribution in [0.4, 0.5) is 15.8 Å². The van der Waals surface area contributed by atoms with Gasteiger partial charge in [-0.1, -0.05) is 26.2 Å². The van der Waals surface area contributed by atoms with Crippen molar-refractivity contribution in [3.05, 3.63) is 24.0 Å². The van der Waals surface area contributed by atoms with Crippen LogP contribution in [0.2, 0.25) is 0 Å². The van der Waals surface area contributed by atoms with Gasteiger partial charge >= 0.3 is 0 Å². The fraction of sp³-hybridized carbons (Fsp3) is 0.533. The van der Waals surface area contributed by atoms with Crippen molar-refractivity contribution in [3.8, 4) is 0 Å². The van der Waals surface area contributed by atoms with Gasteiger partial charge in [-0.05, 0) is 24.6 Å². The first kappa shape index (κ1) is 16.4. The average molecular weight is 282 g/mol. The van der Waals surface area contributed by atoms with Crippen LogP contribution in [0.25, 0.3) is 0 Å². The summed E-state index contributed by atoms with van der Waals surface area (Å²) in [7, 11) is 0. The molecule has 0 aliphatic heterocycles. The van der Waals surface area contributed by atoms with Crippen molar-refractivity contribution in [1.29, 1.82) is 0 Å². The number of nitrogens with one attached hydrogen (secondary N) is 1. The molecule has 0 aliphatic rings. The zero-order chi connectivity index (χ0) is 14.8. The van der Waals surface area contributed by atoms with Gasteiger partial charge in [-0.25, -0.2) is 4.39 Å². The van der Waals surface area contributed by atoms with Gasteiger partial charge in [0.2, 0.25) is 5.91 Å². The quantitative estimate of drug-likeness (QED) is 0.539. The second kappa shape index (κ2) is 9.31. The predicted octanol–water partition coefficient (Wildman–Crippen LogP) is 3.33. The Hall–Kier alpha value is -1.62. The van der Waals surface area contributed by atoms with Crippen molar-refractivity contribution in [2.45, 2.75) is 39.0 Å². The summed E-state index contributed by atoms with van der Waals surface area (Å²) in [5, 5.41) is 2.49. The lowest BCUT2D eigenvalue weighted by molar-refractivity contribution is -0.117. The minimum Gasteiger partial charge on any atom is -0.399 e. The monoisotopic (exact) mass is 282 g/mol. The van der Waals surface area contributed by atoms with E-state index >= 15 is 0 Å². The number of ether oxygens (including phenoxy) is 1. The Bertz CT molecular complexity index is 424. The molecule has 0 bridgehead atoms. The third-order valence-electron chi connectivity index (χ3n) is 2.88. The molecule has 5 heteroatoms. The van der Waals surface area contributed by atoms with E-state index < -0.39 is 5.82 Å². The number of carbonyl (C=O) groups excluding carboxylic acids is 1. The molecule has 0 aliphatic carbocycles. The molecule has 20 heavy (non-hydrogen) atoms. The van der Waals surface area contributed by atoms with Crippen LogP contribution in [0, 0.1) is 5.82 Å². The summed E-state index contributed by atoms with van der Waals surface area (Å²) in [6, 6.07) is 4.08. The van der Waals surface area contributed by atoms with Crippen molar-refractivity contribution in [2.75, 3.05) is 24.3 Å². The lowest BCUT2D eigenvalue weighted by Gasteiger charge is -2.08. The maximum Gasteiger partial charge on any atom is 0.226 e. The molecule has 0 radical (unpaired) electrons. The van der Waals surface area contributed by atoms with Gasteiger partial charge in [-0.15, -0.1) is 0 Å². The van der Waals surface area contributed by atoms with E-state index in [1.54, 1.807) is 0 Å². The van der Waals surface area contributed by atoms with Crippen LogP contribution in [-0.4, -0.2) is 19.1 Å². The summed E-state index contributed by atoms with van der Waals surface area (Å²) in [5.74, 6) is -0.768. The molecule has 0 saturated carbocycles. The summed E-state index contributed by atoms with van der Waals surface area (Å²) in [5.41, 5.74) is 6.06. The Kier molecular flexibility index (Phi) is 7.65. The first-order chi connectivity index (χ1) is 9.63. The molecule has 0 fully saturated rings. The zero-order valence-corrected chi connectivity index (χ0v) is 12.0. The number of halogens is 1. The zero-order valence-electron chi connectivity index (χ0n) is 12.0. The number of carbonyl (C=O) groups is 1. The molecule has 0 spiro atoms. The van der Waals surface area contributed by atoms with E-state index in [0.29, 0.717) is 18.9 Å². The van der Waals surface area contributed by atoms with E-state index in [4.69, 9.17) is 10.5 Å². The number of hydrogen-bond acceptors (Lipinski definition) is 3. The van der Waals surface area contributed by atoms with Crippen molar-refractivity contribution < 1.29 is 13.9 Å². The van der Waals surface area contributed by atoms with E-state index in [0.717, 1.165) is 12.8 Å². The van der Waals surface area contributed by atoms with Gasteiger partial charge in [-0.3, -0.25) is 4.79 Å². The molecular formula is C15H23FN2O2. The molecule has 0 unspecified atom stereocenters. The third-order valence-corrected chi connectivity index (χ3v) is 2.88. The highest BCUT2D eigenvalue weighted by molar-refractivity contribution is 5.91. The summed E-state index contributed by atoms with van der Waals surface area (Å²) in [4.78, 5) is 11.6. The summed E-state index contributed by atoms with van der Waals surface area (Å²) >= 11 is 0. The minimum atomic E-state index is -0.493. The van der Waals surface area contributed by atoms with Crippen LogP contribution in [0.3, 0.4) is 0 Å². The molecule has 4 nitrogen and oxygen atoms in total. The highest BCUT2D eigenvalue weighted by Gasteiger charge is 2.07. The van der Waals surface area contributed by atoms with Gasteiger partial charge in [0.1, 0.15) is 5.82 Å². The van der Waals surface area contributed by atoms with Gasteiger partial charge in [0.05, 0.1) is 18.7 Å². The molecule has 1 amide bonds. The number of benzene rings is 1. The molecule has 0 aromatic heterocycles. The molecule has 1 aromatic carbocycles. The highest BCUT2D eigenvalue weighted by Crippen LogP contribution is 2.17. The van der Waals surface area contributed by atoms with Gasteiger partial charge in [0.15, 0.2) is 0 Å².